The number of para-hydroxylation sites is 1. The average Bonchev–Trinajstić information content (AvgIpc) is 2.54. The second kappa shape index (κ2) is 8.11. The van der Waals surface area contributed by atoms with Gasteiger partial charge in [0.25, 0.3) is 5.91 Å². The molecule has 0 aromatic heterocycles. The second-order valence-corrected chi connectivity index (χ2v) is 5.94. The molecular weight excluding hydrogens is 318 g/mol. The monoisotopic (exact) mass is 335 g/mol. The van der Waals surface area contributed by atoms with Gasteiger partial charge in [-0.25, -0.2) is 0 Å². The topological polar surface area (TPSA) is 38.3 Å². The van der Waals surface area contributed by atoms with Crippen LogP contribution in [0.1, 0.15) is 13.3 Å². The molecule has 1 N–H and O–H groups in total. The Morgan fingerprint density at radius 3 is 2.55 bits per heavy atom. The number of thioether (sulfide) groups is 1. The molecule has 116 valence electrons. The van der Waals surface area contributed by atoms with Gasteiger partial charge in [0.2, 0.25) is 0 Å². The van der Waals surface area contributed by atoms with Crippen molar-refractivity contribution in [2.75, 3.05) is 11.6 Å². The van der Waals surface area contributed by atoms with Crippen molar-refractivity contribution in [3.63, 3.8) is 0 Å². The van der Waals surface area contributed by atoms with Crippen molar-refractivity contribution in [2.45, 2.75) is 24.3 Å². The molecular formula is C17H18ClNO2S. The molecule has 1 amide bonds. The van der Waals surface area contributed by atoms with E-state index in [0.29, 0.717) is 17.2 Å². The summed E-state index contributed by atoms with van der Waals surface area (Å²) >= 11 is 7.44. The molecule has 5 heteroatoms. The first-order valence-corrected chi connectivity index (χ1v) is 8.60. The SMILES string of the molecule is CC[C@@H](Oc1ccc(Cl)cc1)C(=O)Nc1ccccc1SC. The highest BCUT2D eigenvalue weighted by Crippen LogP contribution is 2.25. The maximum Gasteiger partial charge on any atom is 0.265 e. The third kappa shape index (κ3) is 4.42. The van der Waals surface area contributed by atoms with Crippen molar-refractivity contribution in [2.24, 2.45) is 0 Å². The molecule has 0 spiro atoms. The Kier molecular flexibility index (Phi) is 6.16. The van der Waals surface area contributed by atoms with Crippen molar-refractivity contribution in [3.8, 4) is 5.75 Å². The minimum Gasteiger partial charge on any atom is -0.481 e. The summed E-state index contributed by atoms with van der Waals surface area (Å²) in [5, 5.41) is 3.57. The number of hydrogen-bond acceptors (Lipinski definition) is 3. The summed E-state index contributed by atoms with van der Waals surface area (Å²) in [7, 11) is 0. The fourth-order valence-electron chi connectivity index (χ4n) is 1.96. The number of halogens is 1. The third-order valence-corrected chi connectivity index (χ3v) is 4.17. The quantitative estimate of drug-likeness (QED) is 0.766. The number of carbonyl (C=O) groups excluding carboxylic acids is 1. The van der Waals surface area contributed by atoms with Crippen LogP contribution in [0.3, 0.4) is 0 Å². The summed E-state index contributed by atoms with van der Waals surface area (Å²) in [6, 6.07) is 14.7. The van der Waals surface area contributed by atoms with E-state index in [1.54, 1.807) is 36.0 Å². The summed E-state index contributed by atoms with van der Waals surface area (Å²) in [5.41, 5.74) is 0.804. The smallest absolute Gasteiger partial charge is 0.265 e. The normalized spacial score (nSPS) is 11.8. The van der Waals surface area contributed by atoms with Gasteiger partial charge < -0.3 is 10.1 Å². The van der Waals surface area contributed by atoms with Gasteiger partial charge in [-0.15, -0.1) is 11.8 Å². The summed E-state index contributed by atoms with van der Waals surface area (Å²) in [6.45, 7) is 1.92. The predicted molar refractivity (Wildman–Crippen MR) is 93.0 cm³/mol. The van der Waals surface area contributed by atoms with Crippen LogP contribution in [0, 0.1) is 0 Å². The molecule has 2 aromatic rings. The van der Waals surface area contributed by atoms with E-state index in [1.807, 2.05) is 37.4 Å². The number of amides is 1. The lowest BCUT2D eigenvalue weighted by atomic mass is 10.2. The van der Waals surface area contributed by atoms with E-state index in [0.717, 1.165) is 10.6 Å². The molecule has 0 fully saturated rings. The van der Waals surface area contributed by atoms with Gasteiger partial charge in [-0.05, 0) is 49.1 Å². The van der Waals surface area contributed by atoms with E-state index in [4.69, 9.17) is 16.3 Å². The van der Waals surface area contributed by atoms with Crippen LogP contribution in [0.25, 0.3) is 0 Å². The lowest BCUT2D eigenvalue weighted by molar-refractivity contribution is -0.122. The molecule has 22 heavy (non-hydrogen) atoms. The molecule has 0 aliphatic heterocycles. The summed E-state index contributed by atoms with van der Waals surface area (Å²) in [4.78, 5) is 13.4. The van der Waals surface area contributed by atoms with E-state index in [9.17, 15) is 4.79 Å². The number of rotatable bonds is 6. The Morgan fingerprint density at radius 1 is 1.23 bits per heavy atom. The zero-order chi connectivity index (χ0) is 15.9. The Hall–Kier alpha value is -1.65. The maximum absolute atomic E-state index is 12.4. The second-order valence-electron chi connectivity index (χ2n) is 4.66. The highest BCUT2D eigenvalue weighted by molar-refractivity contribution is 7.98. The van der Waals surface area contributed by atoms with E-state index in [1.165, 1.54) is 0 Å². The van der Waals surface area contributed by atoms with Gasteiger partial charge in [0, 0.05) is 9.92 Å². The summed E-state index contributed by atoms with van der Waals surface area (Å²) in [5.74, 6) is 0.475. The Balaban J connectivity index is 2.07. The zero-order valence-corrected chi connectivity index (χ0v) is 14.1. The van der Waals surface area contributed by atoms with Crippen molar-refractivity contribution >= 4 is 35.0 Å². The van der Waals surface area contributed by atoms with E-state index < -0.39 is 6.10 Å². The van der Waals surface area contributed by atoms with Gasteiger partial charge in [-0.1, -0.05) is 30.7 Å². The fourth-order valence-corrected chi connectivity index (χ4v) is 2.64. The van der Waals surface area contributed by atoms with Gasteiger partial charge >= 0.3 is 0 Å². The first kappa shape index (κ1) is 16.7. The van der Waals surface area contributed by atoms with Crippen molar-refractivity contribution in [1.29, 1.82) is 0 Å². The molecule has 0 aliphatic rings. The van der Waals surface area contributed by atoms with E-state index in [-0.39, 0.29) is 5.91 Å². The zero-order valence-electron chi connectivity index (χ0n) is 12.5. The first-order chi connectivity index (χ1) is 10.6. The number of hydrogen-bond donors (Lipinski definition) is 1. The van der Waals surface area contributed by atoms with Gasteiger partial charge in [-0.2, -0.15) is 0 Å². The van der Waals surface area contributed by atoms with Gasteiger partial charge in [-0.3, -0.25) is 4.79 Å². The summed E-state index contributed by atoms with van der Waals surface area (Å²) < 4.78 is 5.75. The average molecular weight is 336 g/mol. The summed E-state index contributed by atoms with van der Waals surface area (Å²) in [6.07, 6.45) is 2.01. The maximum atomic E-state index is 12.4. The van der Waals surface area contributed by atoms with Crippen LogP contribution in [-0.2, 0) is 4.79 Å². The molecule has 0 saturated heterocycles. The van der Waals surface area contributed by atoms with E-state index in [2.05, 4.69) is 5.32 Å². The Bertz CT molecular complexity index is 631. The van der Waals surface area contributed by atoms with Crippen LogP contribution in [0.2, 0.25) is 5.02 Å². The molecule has 0 heterocycles. The lowest BCUT2D eigenvalue weighted by Crippen LogP contribution is -2.32. The Morgan fingerprint density at radius 2 is 1.91 bits per heavy atom. The molecule has 3 nitrogen and oxygen atoms in total. The van der Waals surface area contributed by atoms with Crippen molar-refractivity contribution < 1.29 is 9.53 Å². The number of anilines is 1. The fraction of sp³-hybridized carbons (Fsp3) is 0.235. The van der Waals surface area contributed by atoms with Crippen molar-refractivity contribution in [3.05, 3.63) is 53.6 Å². The van der Waals surface area contributed by atoms with Gasteiger partial charge in [0.1, 0.15) is 5.75 Å². The molecule has 0 aliphatic carbocycles. The van der Waals surface area contributed by atoms with Crippen LogP contribution >= 0.6 is 23.4 Å². The number of nitrogens with one attached hydrogen (secondary N) is 1. The molecule has 0 bridgehead atoms. The number of carbonyl (C=O) groups is 1. The highest BCUT2D eigenvalue weighted by atomic mass is 35.5. The van der Waals surface area contributed by atoms with Crippen LogP contribution in [0.15, 0.2) is 53.4 Å². The molecule has 2 aromatic carbocycles. The number of ether oxygens (including phenoxy) is 1. The standard InChI is InChI=1S/C17H18ClNO2S/c1-3-15(21-13-10-8-12(18)9-11-13)17(20)19-14-6-4-5-7-16(14)22-2/h4-11,15H,3H2,1-2H3,(H,19,20)/t15-/m1/s1. The minimum atomic E-state index is -0.545. The Labute approximate surface area is 140 Å². The molecule has 0 unspecified atom stereocenters. The molecule has 0 radical (unpaired) electrons. The largest absolute Gasteiger partial charge is 0.481 e. The van der Waals surface area contributed by atoms with Gasteiger partial charge in [0.05, 0.1) is 5.69 Å². The van der Waals surface area contributed by atoms with Crippen LogP contribution in [0.4, 0.5) is 5.69 Å². The molecule has 0 saturated carbocycles. The minimum absolute atomic E-state index is 0.154. The van der Waals surface area contributed by atoms with Crippen LogP contribution in [-0.4, -0.2) is 18.3 Å². The van der Waals surface area contributed by atoms with Crippen LogP contribution < -0.4 is 10.1 Å². The van der Waals surface area contributed by atoms with Crippen LogP contribution in [0.5, 0.6) is 5.75 Å². The predicted octanol–water partition coefficient (Wildman–Crippen LogP) is 4.86. The molecule has 1 atom stereocenters. The van der Waals surface area contributed by atoms with E-state index >= 15 is 0 Å². The lowest BCUT2D eigenvalue weighted by Gasteiger charge is -2.18. The molecule has 2 rings (SSSR count). The number of benzene rings is 2. The van der Waals surface area contributed by atoms with Crippen molar-refractivity contribution in [1.82, 2.24) is 0 Å². The van der Waals surface area contributed by atoms with Gasteiger partial charge in [0.15, 0.2) is 6.10 Å². The highest BCUT2D eigenvalue weighted by Gasteiger charge is 2.19. The first-order valence-electron chi connectivity index (χ1n) is 7.00. The third-order valence-electron chi connectivity index (χ3n) is 3.12.